The quantitative estimate of drug-likeness (QED) is 0.163. The molecule has 0 N–H and O–H groups in total. The monoisotopic (exact) mass is 811 g/mol. The summed E-state index contributed by atoms with van der Waals surface area (Å²) in [6.45, 7) is 39.4. The standard InChI is InChI=1S/C56H71BN2Si/c1-17-60(15,16)38-23-22-36(3)46(30-38)59-48-34-42-40(54(9,10)25-27-56(42,13)14)32-44(48)57-43-31-39-41(55(11,12)26-24-53(39,7)8)33-47(43)58(45-21-19-18-20-35(45)2)49-28-37(52(4,5)6)29-50(59)51(49)57/h18-23,28-34H,17,24-27H2,1-16H3. The molecular formula is C56H71BN2Si. The first-order chi connectivity index (χ1) is 27.9. The highest BCUT2D eigenvalue weighted by Gasteiger charge is 2.49. The lowest BCUT2D eigenvalue weighted by atomic mass is 9.32. The van der Waals surface area contributed by atoms with Crippen molar-refractivity contribution < 1.29 is 0 Å². The Labute approximate surface area is 365 Å². The summed E-state index contributed by atoms with van der Waals surface area (Å²) in [5.41, 5.74) is 22.8. The molecule has 0 saturated carbocycles. The maximum Gasteiger partial charge on any atom is 0.252 e. The van der Waals surface area contributed by atoms with Crippen LogP contribution >= 0.6 is 0 Å². The van der Waals surface area contributed by atoms with Gasteiger partial charge < -0.3 is 9.80 Å². The molecule has 4 aliphatic rings. The molecule has 4 heteroatoms. The molecular weight excluding hydrogens is 740 g/mol. The van der Waals surface area contributed by atoms with Crippen LogP contribution in [0.4, 0.5) is 34.1 Å². The highest BCUT2D eigenvalue weighted by Crippen LogP contribution is 2.53. The molecule has 0 radical (unpaired) electrons. The van der Waals surface area contributed by atoms with Gasteiger partial charge in [-0.25, -0.2) is 0 Å². The second kappa shape index (κ2) is 13.2. The van der Waals surface area contributed by atoms with E-state index >= 15 is 0 Å². The van der Waals surface area contributed by atoms with Gasteiger partial charge in [0.1, 0.15) is 0 Å². The predicted molar refractivity (Wildman–Crippen MR) is 267 cm³/mol. The molecule has 0 fully saturated rings. The third kappa shape index (κ3) is 6.15. The van der Waals surface area contributed by atoms with Gasteiger partial charge in [-0.1, -0.05) is 150 Å². The third-order valence-electron chi connectivity index (χ3n) is 16.3. The largest absolute Gasteiger partial charge is 0.311 e. The van der Waals surface area contributed by atoms with Crippen molar-refractivity contribution in [3.8, 4) is 0 Å². The predicted octanol–water partition coefficient (Wildman–Crippen LogP) is 13.3. The van der Waals surface area contributed by atoms with E-state index < -0.39 is 8.07 Å². The van der Waals surface area contributed by atoms with E-state index in [2.05, 4.69) is 199 Å². The fourth-order valence-electron chi connectivity index (χ4n) is 11.4. The summed E-state index contributed by atoms with van der Waals surface area (Å²) >= 11 is 0. The number of benzene rings is 5. The van der Waals surface area contributed by atoms with Crippen LogP contribution in [0.15, 0.2) is 78.9 Å². The molecule has 0 spiro atoms. The SMILES string of the molecule is CC[Si](C)(C)c1ccc(C)c(N2c3cc4c(cc3B3c5cc6c(cc5N(c5ccccc5C)c5cc(C(C)(C)C)cc2c53)C(C)(C)CCC6(C)C)C(C)(C)CCC4(C)C)c1. The highest BCUT2D eigenvalue weighted by molar-refractivity contribution is 7.00. The van der Waals surface area contributed by atoms with Gasteiger partial charge in [-0.05, 0) is 158 Å². The zero-order chi connectivity index (χ0) is 43.3. The first-order valence-electron chi connectivity index (χ1n) is 23.2. The van der Waals surface area contributed by atoms with Gasteiger partial charge >= 0.3 is 0 Å². The molecule has 2 aliphatic carbocycles. The molecule has 9 rings (SSSR count). The van der Waals surface area contributed by atoms with E-state index in [1.165, 1.54) is 121 Å². The summed E-state index contributed by atoms with van der Waals surface area (Å²) in [5, 5.41) is 1.54. The molecule has 0 atom stereocenters. The summed E-state index contributed by atoms with van der Waals surface area (Å²) in [7, 11) is -1.66. The van der Waals surface area contributed by atoms with Gasteiger partial charge in [-0.3, -0.25) is 0 Å². The normalized spacial score (nSPS) is 19.2. The molecule has 60 heavy (non-hydrogen) atoms. The molecule has 0 unspecified atom stereocenters. The maximum atomic E-state index is 2.75. The minimum atomic E-state index is -1.66. The topological polar surface area (TPSA) is 6.48 Å². The van der Waals surface area contributed by atoms with Gasteiger partial charge in [-0.2, -0.15) is 0 Å². The first-order valence-corrected chi connectivity index (χ1v) is 26.4. The van der Waals surface area contributed by atoms with Crippen molar-refractivity contribution in [2.75, 3.05) is 9.80 Å². The van der Waals surface area contributed by atoms with Crippen LogP contribution < -0.4 is 31.4 Å². The smallest absolute Gasteiger partial charge is 0.252 e. The van der Waals surface area contributed by atoms with Crippen molar-refractivity contribution in [2.24, 2.45) is 0 Å². The number of aryl methyl sites for hydroxylation is 2. The van der Waals surface area contributed by atoms with Crippen LogP contribution in [0.25, 0.3) is 0 Å². The molecule has 2 heterocycles. The number of hydrogen-bond acceptors (Lipinski definition) is 2. The molecule has 5 aromatic rings. The number of fused-ring (bicyclic) bond motifs is 6. The van der Waals surface area contributed by atoms with Crippen molar-refractivity contribution in [1.82, 2.24) is 0 Å². The van der Waals surface area contributed by atoms with E-state index in [1.807, 2.05) is 0 Å². The Hall–Kier alpha value is -4.02. The highest BCUT2D eigenvalue weighted by atomic mass is 28.3. The average molecular weight is 811 g/mol. The second-order valence-corrected chi connectivity index (χ2v) is 28.8. The summed E-state index contributed by atoms with van der Waals surface area (Å²) in [5.74, 6) is 0. The van der Waals surface area contributed by atoms with Crippen molar-refractivity contribution in [3.05, 3.63) is 118 Å². The van der Waals surface area contributed by atoms with Gasteiger partial charge in [0.2, 0.25) is 0 Å². The zero-order valence-electron chi connectivity index (χ0n) is 40.0. The number of para-hydroxylation sites is 1. The van der Waals surface area contributed by atoms with Crippen molar-refractivity contribution >= 4 is 70.5 Å². The van der Waals surface area contributed by atoms with Crippen LogP contribution in [0.5, 0.6) is 0 Å². The Bertz CT molecular complexity index is 2600. The molecule has 5 aromatic carbocycles. The van der Waals surface area contributed by atoms with Gasteiger partial charge in [0.05, 0.1) is 8.07 Å². The van der Waals surface area contributed by atoms with Crippen LogP contribution in [-0.4, -0.2) is 14.8 Å². The van der Waals surface area contributed by atoms with E-state index in [-0.39, 0.29) is 33.8 Å². The second-order valence-electron chi connectivity index (χ2n) is 23.8. The summed E-state index contributed by atoms with van der Waals surface area (Å²) in [4.78, 5) is 5.45. The minimum Gasteiger partial charge on any atom is -0.311 e. The fourth-order valence-corrected chi connectivity index (χ4v) is 12.8. The number of rotatable bonds is 4. The van der Waals surface area contributed by atoms with E-state index in [1.54, 1.807) is 5.56 Å². The maximum absolute atomic E-state index is 2.75. The van der Waals surface area contributed by atoms with E-state index in [0.717, 1.165) is 0 Å². The van der Waals surface area contributed by atoms with Crippen LogP contribution in [0.2, 0.25) is 19.1 Å². The van der Waals surface area contributed by atoms with Gasteiger partial charge in [0.25, 0.3) is 6.71 Å². The molecule has 0 aromatic heterocycles. The Balaban J connectivity index is 1.49. The van der Waals surface area contributed by atoms with E-state index in [9.17, 15) is 0 Å². The summed E-state index contributed by atoms with van der Waals surface area (Å²) in [6, 6.07) is 33.8. The third-order valence-corrected chi connectivity index (χ3v) is 20.0. The Morgan fingerprint density at radius 3 is 1.42 bits per heavy atom. The number of nitrogens with zero attached hydrogens (tertiary/aromatic N) is 2. The van der Waals surface area contributed by atoms with Crippen LogP contribution in [-0.2, 0) is 27.1 Å². The van der Waals surface area contributed by atoms with E-state index in [4.69, 9.17) is 0 Å². The minimum absolute atomic E-state index is 0.0671. The molecule has 0 saturated heterocycles. The van der Waals surface area contributed by atoms with E-state index in [0.29, 0.717) is 0 Å². The van der Waals surface area contributed by atoms with Crippen LogP contribution in [0.1, 0.15) is 148 Å². The van der Waals surface area contributed by atoms with Crippen molar-refractivity contribution in [1.29, 1.82) is 0 Å². The average Bonchev–Trinajstić information content (AvgIpc) is 3.18. The molecule has 0 bridgehead atoms. The fraction of sp³-hybridized carbons (Fsp3) is 0.464. The van der Waals surface area contributed by atoms with Crippen LogP contribution in [0, 0.1) is 13.8 Å². The molecule has 2 nitrogen and oxygen atoms in total. The van der Waals surface area contributed by atoms with Gasteiger partial charge in [0.15, 0.2) is 0 Å². The molecule has 2 aliphatic heterocycles. The molecule has 312 valence electrons. The Kier molecular flexibility index (Phi) is 9.13. The summed E-state index contributed by atoms with van der Waals surface area (Å²) < 4.78 is 0. The van der Waals surface area contributed by atoms with Crippen molar-refractivity contribution in [2.45, 2.75) is 169 Å². The Morgan fingerprint density at radius 2 is 0.967 bits per heavy atom. The lowest BCUT2D eigenvalue weighted by Crippen LogP contribution is -2.62. The lowest BCUT2D eigenvalue weighted by molar-refractivity contribution is 0.332. The van der Waals surface area contributed by atoms with Gasteiger partial charge in [0, 0.05) is 34.1 Å². The van der Waals surface area contributed by atoms with Gasteiger partial charge in [-0.15, -0.1) is 0 Å². The zero-order valence-corrected chi connectivity index (χ0v) is 41.0. The van der Waals surface area contributed by atoms with Crippen LogP contribution in [0.3, 0.4) is 0 Å². The molecule has 0 amide bonds. The first kappa shape index (κ1) is 41.3. The summed E-state index contributed by atoms with van der Waals surface area (Å²) in [6.07, 6.45) is 4.78. The number of hydrogen-bond donors (Lipinski definition) is 0. The lowest BCUT2D eigenvalue weighted by Gasteiger charge is -2.49. The number of anilines is 6. The Morgan fingerprint density at radius 1 is 0.533 bits per heavy atom. The van der Waals surface area contributed by atoms with Crippen molar-refractivity contribution in [3.63, 3.8) is 0 Å².